The Morgan fingerprint density at radius 2 is 1.56 bits per heavy atom. The summed E-state index contributed by atoms with van der Waals surface area (Å²) in [6.07, 6.45) is 2.02. The molecule has 0 saturated carbocycles. The van der Waals surface area contributed by atoms with Gasteiger partial charge in [-0.3, -0.25) is 0 Å². The highest BCUT2D eigenvalue weighted by Crippen LogP contribution is 2.43. The molecule has 0 fully saturated rings. The standard InChI is InChI=1S/C9H6Br4N2S/c1-15-8-6(13)4(11)3(10)5(12)7(8)14-9(15)16-2/h1-2H3. The van der Waals surface area contributed by atoms with Crippen molar-refractivity contribution in [2.24, 2.45) is 7.05 Å². The Kier molecular flexibility index (Phi) is 4.11. The minimum atomic E-state index is 0.953. The Morgan fingerprint density at radius 1 is 1.00 bits per heavy atom. The number of thioether (sulfide) groups is 1. The summed E-state index contributed by atoms with van der Waals surface area (Å²) in [5, 5.41) is 0.987. The van der Waals surface area contributed by atoms with Gasteiger partial charge < -0.3 is 4.57 Å². The van der Waals surface area contributed by atoms with E-state index in [2.05, 4.69) is 73.3 Å². The van der Waals surface area contributed by atoms with Crippen molar-refractivity contribution >= 4 is 86.5 Å². The molecular weight excluding hydrogens is 488 g/mol. The number of imidazole rings is 1. The van der Waals surface area contributed by atoms with Gasteiger partial charge in [-0.15, -0.1) is 0 Å². The van der Waals surface area contributed by atoms with Gasteiger partial charge in [0.15, 0.2) is 5.16 Å². The monoisotopic (exact) mass is 490 g/mol. The van der Waals surface area contributed by atoms with Gasteiger partial charge in [-0.2, -0.15) is 0 Å². The molecule has 0 radical (unpaired) electrons. The number of aromatic nitrogens is 2. The van der Waals surface area contributed by atoms with E-state index in [0.717, 1.165) is 34.1 Å². The van der Waals surface area contributed by atoms with Crippen LogP contribution in [0.3, 0.4) is 0 Å². The highest BCUT2D eigenvalue weighted by atomic mass is 79.9. The van der Waals surface area contributed by atoms with Crippen molar-refractivity contribution in [1.82, 2.24) is 9.55 Å². The number of aryl methyl sites for hydroxylation is 1. The predicted octanol–water partition coefficient (Wildman–Crippen LogP) is 5.35. The second-order valence-electron chi connectivity index (χ2n) is 3.11. The van der Waals surface area contributed by atoms with Crippen molar-refractivity contribution in [3.8, 4) is 0 Å². The average Bonchev–Trinajstić information content (AvgIpc) is 2.61. The molecule has 0 aliphatic rings. The third kappa shape index (κ3) is 1.92. The van der Waals surface area contributed by atoms with Crippen LogP contribution in [-0.4, -0.2) is 15.8 Å². The van der Waals surface area contributed by atoms with E-state index in [9.17, 15) is 0 Å². The molecule has 0 unspecified atom stereocenters. The highest BCUT2D eigenvalue weighted by Gasteiger charge is 2.19. The fourth-order valence-corrected chi connectivity index (χ4v) is 4.44. The molecule has 0 bridgehead atoms. The summed E-state index contributed by atoms with van der Waals surface area (Å²) < 4.78 is 6.01. The van der Waals surface area contributed by atoms with Gasteiger partial charge in [-0.1, -0.05) is 11.8 Å². The summed E-state index contributed by atoms with van der Waals surface area (Å²) in [6.45, 7) is 0. The van der Waals surface area contributed by atoms with Crippen LogP contribution in [0, 0.1) is 0 Å². The summed E-state index contributed by atoms with van der Waals surface area (Å²) in [7, 11) is 2.01. The molecule has 2 aromatic rings. The molecule has 1 heterocycles. The van der Waals surface area contributed by atoms with Crippen molar-refractivity contribution in [2.45, 2.75) is 5.16 Å². The molecule has 0 amide bonds. The first-order chi connectivity index (χ1) is 7.49. The van der Waals surface area contributed by atoms with E-state index in [-0.39, 0.29) is 0 Å². The number of hydrogen-bond acceptors (Lipinski definition) is 2. The summed E-state index contributed by atoms with van der Waals surface area (Å²) in [6, 6.07) is 0. The van der Waals surface area contributed by atoms with Crippen LogP contribution in [0.5, 0.6) is 0 Å². The molecule has 7 heteroatoms. The highest BCUT2D eigenvalue weighted by molar-refractivity contribution is 9.15. The largest absolute Gasteiger partial charge is 0.321 e. The summed E-state index contributed by atoms with van der Waals surface area (Å²) in [4.78, 5) is 4.59. The Morgan fingerprint density at radius 3 is 2.12 bits per heavy atom. The zero-order valence-corrected chi connectivity index (χ0v) is 15.5. The van der Waals surface area contributed by atoms with Crippen molar-refractivity contribution in [3.63, 3.8) is 0 Å². The maximum absolute atomic E-state index is 4.59. The van der Waals surface area contributed by atoms with Crippen molar-refractivity contribution in [1.29, 1.82) is 0 Å². The molecule has 2 nitrogen and oxygen atoms in total. The fraction of sp³-hybridized carbons (Fsp3) is 0.222. The lowest BCUT2D eigenvalue weighted by molar-refractivity contribution is 0.815. The van der Waals surface area contributed by atoms with Crippen molar-refractivity contribution in [2.75, 3.05) is 6.26 Å². The lowest BCUT2D eigenvalue weighted by Crippen LogP contribution is -1.91. The Bertz CT molecular complexity index is 579. The van der Waals surface area contributed by atoms with Crippen LogP contribution in [0.1, 0.15) is 0 Å². The van der Waals surface area contributed by atoms with E-state index in [1.165, 1.54) is 0 Å². The molecule has 0 saturated heterocycles. The number of halogens is 4. The summed E-state index contributed by atoms with van der Waals surface area (Å²) >= 11 is 15.9. The molecule has 0 spiro atoms. The van der Waals surface area contributed by atoms with Crippen LogP contribution in [-0.2, 0) is 7.05 Å². The number of rotatable bonds is 1. The molecule has 2 rings (SSSR count). The molecule has 0 N–H and O–H groups in total. The van der Waals surface area contributed by atoms with Gasteiger partial charge in [0.2, 0.25) is 0 Å². The van der Waals surface area contributed by atoms with E-state index in [0.29, 0.717) is 0 Å². The van der Waals surface area contributed by atoms with Crippen LogP contribution in [0.15, 0.2) is 23.0 Å². The van der Waals surface area contributed by atoms with Gasteiger partial charge in [0, 0.05) is 16.0 Å². The molecule has 0 atom stereocenters. The van der Waals surface area contributed by atoms with Crippen LogP contribution in [0.2, 0.25) is 0 Å². The average molecular weight is 494 g/mol. The van der Waals surface area contributed by atoms with E-state index >= 15 is 0 Å². The quantitative estimate of drug-likeness (QED) is 0.303. The van der Waals surface area contributed by atoms with Gasteiger partial charge in [0.25, 0.3) is 0 Å². The maximum Gasteiger partial charge on any atom is 0.168 e. The zero-order valence-electron chi connectivity index (χ0n) is 8.31. The van der Waals surface area contributed by atoms with Gasteiger partial charge in [0.1, 0.15) is 5.52 Å². The smallest absolute Gasteiger partial charge is 0.168 e. The number of fused-ring (bicyclic) bond motifs is 1. The number of hydrogen-bond donors (Lipinski definition) is 0. The first kappa shape index (κ1) is 13.4. The topological polar surface area (TPSA) is 17.8 Å². The molecule has 86 valence electrons. The first-order valence-corrected chi connectivity index (χ1v) is 8.61. The molecule has 0 aliphatic heterocycles. The van der Waals surface area contributed by atoms with Crippen LogP contribution >= 0.6 is 75.5 Å². The lowest BCUT2D eigenvalue weighted by atomic mass is 10.3. The third-order valence-electron chi connectivity index (χ3n) is 2.23. The predicted molar refractivity (Wildman–Crippen MR) is 83.3 cm³/mol. The summed E-state index contributed by atoms with van der Waals surface area (Å²) in [5.41, 5.74) is 2.03. The molecular formula is C9H6Br4N2S. The third-order valence-corrected chi connectivity index (χ3v) is 7.69. The molecule has 1 aromatic heterocycles. The Balaban J connectivity index is 3.00. The second kappa shape index (κ2) is 4.91. The molecule has 0 aliphatic carbocycles. The first-order valence-electron chi connectivity index (χ1n) is 4.21. The number of nitrogens with zero attached hydrogens (tertiary/aromatic N) is 2. The van der Waals surface area contributed by atoms with Crippen LogP contribution < -0.4 is 0 Å². The van der Waals surface area contributed by atoms with Crippen LogP contribution in [0.25, 0.3) is 11.0 Å². The van der Waals surface area contributed by atoms with Gasteiger partial charge in [-0.05, 0) is 70.0 Å². The normalized spacial score (nSPS) is 11.4. The lowest BCUT2D eigenvalue weighted by Gasteiger charge is -2.06. The Labute approximate surface area is 131 Å². The fourth-order valence-electron chi connectivity index (χ4n) is 1.47. The van der Waals surface area contributed by atoms with E-state index in [4.69, 9.17) is 0 Å². The second-order valence-corrected chi connectivity index (χ2v) is 7.06. The zero-order chi connectivity index (χ0) is 12.0. The molecule has 16 heavy (non-hydrogen) atoms. The minimum Gasteiger partial charge on any atom is -0.321 e. The van der Waals surface area contributed by atoms with E-state index in [1.807, 2.05) is 13.3 Å². The van der Waals surface area contributed by atoms with Gasteiger partial charge in [0.05, 0.1) is 14.5 Å². The van der Waals surface area contributed by atoms with Crippen molar-refractivity contribution < 1.29 is 0 Å². The molecule has 1 aromatic carbocycles. The minimum absolute atomic E-state index is 0.953. The van der Waals surface area contributed by atoms with E-state index < -0.39 is 0 Å². The summed E-state index contributed by atoms with van der Waals surface area (Å²) in [5.74, 6) is 0. The Hall–Kier alpha value is 0.960. The van der Waals surface area contributed by atoms with Gasteiger partial charge in [-0.25, -0.2) is 4.98 Å². The van der Waals surface area contributed by atoms with Gasteiger partial charge >= 0.3 is 0 Å². The van der Waals surface area contributed by atoms with E-state index in [1.54, 1.807) is 11.8 Å². The van der Waals surface area contributed by atoms with Crippen LogP contribution in [0.4, 0.5) is 0 Å². The number of benzene rings is 1. The maximum atomic E-state index is 4.59. The van der Waals surface area contributed by atoms with Crippen molar-refractivity contribution in [3.05, 3.63) is 17.9 Å². The SMILES string of the molecule is CSc1nc2c(Br)c(Br)c(Br)c(Br)c2n1C.